The van der Waals surface area contributed by atoms with Crippen LogP contribution in [0.4, 0.5) is 5.69 Å². The fourth-order valence-electron chi connectivity index (χ4n) is 3.26. The Morgan fingerprint density at radius 1 is 1.12 bits per heavy atom. The molecule has 8 heteroatoms. The maximum absolute atomic E-state index is 12.5. The average Bonchev–Trinajstić information content (AvgIpc) is 3.17. The van der Waals surface area contributed by atoms with Gasteiger partial charge in [0.2, 0.25) is 0 Å². The van der Waals surface area contributed by atoms with Crippen LogP contribution in [0.2, 0.25) is 0 Å². The molecule has 5 nitrogen and oxygen atoms in total. The van der Waals surface area contributed by atoms with Crippen molar-refractivity contribution in [2.75, 3.05) is 0 Å². The summed E-state index contributed by atoms with van der Waals surface area (Å²) in [4.78, 5) is 17.6. The fraction of sp³-hybridized carbons (Fsp3) is 0.115. The highest BCUT2D eigenvalue weighted by Gasteiger charge is 2.24. The standard InChI is InChI=1S/C26H19I2N3O2S/c1-2-16-7-9-20(10-8-16)30-26-31-25(32)23(34-26)13-17-11-21(27)24(22(28)12-17)33-15-19-6-4-3-5-18(19)14-29/h3-13H,2,15H2,1H3,(H,30,31,32)/b23-13-. The van der Waals surface area contributed by atoms with Gasteiger partial charge in [-0.1, -0.05) is 37.3 Å². The van der Waals surface area contributed by atoms with E-state index in [-0.39, 0.29) is 5.91 Å². The van der Waals surface area contributed by atoms with E-state index in [4.69, 9.17) is 4.74 Å². The maximum Gasteiger partial charge on any atom is 0.264 e. The Morgan fingerprint density at radius 3 is 2.50 bits per heavy atom. The van der Waals surface area contributed by atoms with Gasteiger partial charge in [-0.15, -0.1) is 0 Å². The van der Waals surface area contributed by atoms with Gasteiger partial charge in [-0.3, -0.25) is 4.79 Å². The van der Waals surface area contributed by atoms with E-state index >= 15 is 0 Å². The summed E-state index contributed by atoms with van der Waals surface area (Å²) in [6.07, 6.45) is 2.84. The first-order valence-electron chi connectivity index (χ1n) is 10.4. The third kappa shape index (κ3) is 6.00. The minimum atomic E-state index is -0.160. The van der Waals surface area contributed by atoms with Crippen LogP contribution in [0.5, 0.6) is 5.75 Å². The van der Waals surface area contributed by atoms with Crippen LogP contribution in [-0.4, -0.2) is 11.1 Å². The lowest BCUT2D eigenvalue weighted by Crippen LogP contribution is -2.19. The van der Waals surface area contributed by atoms with E-state index in [1.807, 2.05) is 60.7 Å². The largest absolute Gasteiger partial charge is 0.487 e. The zero-order chi connectivity index (χ0) is 24.1. The number of carbonyl (C=O) groups is 1. The molecule has 170 valence electrons. The molecular weight excluding hydrogens is 672 g/mol. The van der Waals surface area contributed by atoms with E-state index in [0.717, 1.165) is 36.1 Å². The molecule has 0 unspecified atom stereocenters. The van der Waals surface area contributed by atoms with Crippen molar-refractivity contribution in [2.24, 2.45) is 4.99 Å². The monoisotopic (exact) mass is 691 g/mol. The summed E-state index contributed by atoms with van der Waals surface area (Å²) in [6, 6.07) is 21.6. The number of nitrogens with one attached hydrogen (secondary N) is 1. The number of carbonyl (C=O) groups excluding carboxylic acids is 1. The molecule has 1 amide bonds. The molecule has 1 fully saturated rings. The summed E-state index contributed by atoms with van der Waals surface area (Å²) >= 11 is 5.80. The number of rotatable bonds is 6. The fourth-order valence-corrected chi connectivity index (χ4v) is 6.23. The molecule has 1 heterocycles. The van der Waals surface area contributed by atoms with E-state index in [1.165, 1.54) is 17.3 Å². The summed E-state index contributed by atoms with van der Waals surface area (Å²) in [5.74, 6) is 0.602. The number of benzene rings is 3. The Bertz CT molecular complexity index is 1320. The van der Waals surface area contributed by atoms with Gasteiger partial charge in [0, 0.05) is 5.56 Å². The van der Waals surface area contributed by atoms with E-state index in [1.54, 1.807) is 6.07 Å². The molecular formula is C26H19I2N3O2S. The molecule has 0 atom stereocenters. The zero-order valence-corrected chi connectivity index (χ0v) is 23.3. The van der Waals surface area contributed by atoms with E-state index in [9.17, 15) is 10.1 Å². The number of hydrogen-bond acceptors (Lipinski definition) is 5. The summed E-state index contributed by atoms with van der Waals surface area (Å²) in [5.41, 5.74) is 4.42. The molecule has 1 saturated heterocycles. The number of halogens is 2. The van der Waals surface area contributed by atoms with Crippen molar-refractivity contribution >= 4 is 79.8 Å². The molecule has 0 saturated carbocycles. The predicted molar refractivity (Wildman–Crippen MR) is 154 cm³/mol. The number of amidine groups is 1. The number of aliphatic imine (C=N–C) groups is 1. The second-order valence-electron chi connectivity index (χ2n) is 7.37. The van der Waals surface area contributed by atoms with Gasteiger partial charge in [0.15, 0.2) is 5.17 Å². The van der Waals surface area contributed by atoms with Crippen LogP contribution in [0.1, 0.15) is 29.2 Å². The normalized spacial score (nSPS) is 15.4. The molecule has 1 N–H and O–H groups in total. The lowest BCUT2D eigenvalue weighted by molar-refractivity contribution is -0.115. The number of thioether (sulfide) groups is 1. The maximum atomic E-state index is 12.5. The van der Waals surface area contributed by atoms with Gasteiger partial charge in [0.05, 0.1) is 29.4 Å². The first-order valence-corrected chi connectivity index (χ1v) is 13.4. The number of aryl methyl sites for hydroxylation is 1. The number of nitrogens with zero attached hydrogens (tertiary/aromatic N) is 2. The predicted octanol–water partition coefficient (Wildman–Crippen LogP) is 6.80. The second kappa shape index (κ2) is 11.4. The van der Waals surface area contributed by atoms with Crippen molar-refractivity contribution in [3.8, 4) is 11.8 Å². The van der Waals surface area contributed by atoms with Gasteiger partial charge in [-0.2, -0.15) is 5.26 Å². The van der Waals surface area contributed by atoms with Crippen LogP contribution >= 0.6 is 56.9 Å². The van der Waals surface area contributed by atoms with Gasteiger partial charge in [0.1, 0.15) is 12.4 Å². The lowest BCUT2D eigenvalue weighted by atomic mass is 10.1. The first-order chi connectivity index (χ1) is 16.5. The number of hydrogen-bond donors (Lipinski definition) is 1. The number of nitriles is 1. The van der Waals surface area contributed by atoms with Crippen molar-refractivity contribution in [3.63, 3.8) is 0 Å². The summed E-state index contributed by atoms with van der Waals surface area (Å²) in [6.45, 7) is 2.42. The Labute approximate surface area is 230 Å². The van der Waals surface area contributed by atoms with Gasteiger partial charge >= 0.3 is 0 Å². The molecule has 0 bridgehead atoms. The second-order valence-corrected chi connectivity index (χ2v) is 10.7. The topological polar surface area (TPSA) is 74.5 Å². The van der Waals surface area contributed by atoms with Gasteiger partial charge < -0.3 is 10.1 Å². The van der Waals surface area contributed by atoms with E-state index in [0.29, 0.717) is 22.2 Å². The van der Waals surface area contributed by atoms with Crippen LogP contribution in [0.15, 0.2) is 70.6 Å². The average molecular weight is 691 g/mol. The van der Waals surface area contributed by atoms with E-state index < -0.39 is 0 Å². The lowest BCUT2D eigenvalue weighted by Gasteiger charge is -2.12. The molecule has 3 aromatic rings. The highest BCUT2D eigenvalue weighted by atomic mass is 127. The van der Waals surface area contributed by atoms with Crippen molar-refractivity contribution < 1.29 is 9.53 Å². The highest BCUT2D eigenvalue weighted by Crippen LogP contribution is 2.33. The molecule has 3 aromatic carbocycles. The van der Waals surface area contributed by atoms with Crippen LogP contribution in [0.3, 0.4) is 0 Å². The Kier molecular flexibility index (Phi) is 8.28. The number of amides is 1. The molecule has 0 radical (unpaired) electrons. The minimum absolute atomic E-state index is 0.160. The van der Waals surface area contributed by atoms with Crippen molar-refractivity contribution in [3.05, 3.63) is 95.0 Å². The minimum Gasteiger partial charge on any atom is -0.487 e. The molecule has 0 spiro atoms. The molecule has 1 aliphatic rings. The van der Waals surface area contributed by atoms with Gasteiger partial charge in [-0.05, 0) is 111 Å². The third-order valence-electron chi connectivity index (χ3n) is 5.05. The molecule has 0 aromatic heterocycles. The summed E-state index contributed by atoms with van der Waals surface area (Å²) in [5, 5.41) is 12.7. The summed E-state index contributed by atoms with van der Waals surface area (Å²) < 4.78 is 7.91. The van der Waals surface area contributed by atoms with E-state index in [2.05, 4.69) is 68.5 Å². The first kappa shape index (κ1) is 24.8. The smallest absolute Gasteiger partial charge is 0.264 e. The zero-order valence-electron chi connectivity index (χ0n) is 18.1. The summed E-state index contributed by atoms with van der Waals surface area (Å²) in [7, 11) is 0. The Balaban J connectivity index is 1.50. The molecule has 34 heavy (non-hydrogen) atoms. The highest BCUT2D eigenvalue weighted by molar-refractivity contribution is 14.1. The quantitative estimate of drug-likeness (QED) is 0.228. The van der Waals surface area contributed by atoms with Crippen molar-refractivity contribution in [1.29, 1.82) is 5.26 Å². The third-order valence-corrected chi connectivity index (χ3v) is 7.57. The SMILES string of the molecule is CCc1ccc(N=C2NC(=O)/C(=C/c3cc(I)c(OCc4ccccc4C#N)c(I)c3)S2)cc1. The van der Waals surface area contributed by atoms with Gasteiger partial charge in [0.25, 0.3) is 5.91 Å². The molecule has 0 aliphatic carbocycles. The number of ether oxygens (including phenoxy) is 1. The van der Waals surface area contributed by atoms with Crippen LogP contribution in [0.25, 0.3) is 6.08 Å². The Hall–Kier alpha value is -2.36. The molecule has 4 rings (SSSR count). The van der Waals surface area contributed by atoms with Crippen LogP contribution < -0.4 is 10.1 Å². The molecule has 1 aliphatic heterocycles. The van der Waals surface area contributed by atoms with Crippen LogP contribution in [0, 0.1) is 18.5 Å². The van der Waals surface area contributed by atoms with Gasteiger partial charge in [-0.25, -0.2) is 4.99 Å². The van der Waals surface area contributed by atoms with Crippen molar-refractivity contribution in [2.45, 2.75) is 20.0 Å². The van der Waals surface area contributed by atoms with Crippen LogP contribution in [-0.2, 0) is 17.8 Å². The van der Waals surface area contributed by atoms with Crippen molar-refractivity contribution in [1.82, 2.24) is 5.32 Å². The Morgan fingerprint density at radius 2 is 1.82 bits per heavy atom.